The number of hydrogen-bond acceptors (Lipinski definition) is 4. The van der Waals surface area contributed by atoms with Crippen molar-refractivity contribution in [3.63, 3.8) is 0 Å². The van der Waals surface area contributed by atoms with Gasteiger partial charge in [0.1, 0.15) is 0 Å². The first-order chi connectivity index (χ1) is 10.2. The van der Waals surface area contributed by atoms with Crippen LogP contribution in [0, 0.1) is 0 Å². The van der Waals surface area contributed by atoms with E-state index >= 15 is 0 Å². The van der Waals surface area contributed by atoms with Gasteiger partial charge in [0.2, 0.25) is 0 Å². The quantitative estimate of drug-likeness (QED) is 0.328. The van der Waals surface area contributed by atoms with Gasteiger partial charge in [0.25, 0.3) is 0 Å². The Labute approximate surface area is 134 Å². The van der Waals surface area contributed by atoms with Crippen molar-refractivity contribution in [2.75, 3.05) is 0 Å². The van der Waals surface area contributed by atoms with Crippen LogP contribution in [0.5, 0.6) is 0 Å². The summed E-state index contributed by atoms with van der Waals surface area (Å²) in [5, 5.41) is 0. The molecule has 0 aromatic heterocycles. The zero-order chi connectivity index (χ0) is 15.3. The van der Waals surface area contributed by atoms with Gasteiger partial charge in [-0.15, -0.1) is 0 Å². The fourth-order valence-corrected chi connectivity index (χ4v) is 4.47. The summed E-state index contributed by atoms with van der Waals surface area (Å²) in [7, 11) is 0. The molecule has 1 aromatic carbocycles. The Hall–Kier alpha value is -0.911. The third kappa shape index (κ3) is 9.61. The van der Waals surface area contributed by atoms with Crippen LogP contribution in [0.3, 0.4) is 0 Å². The summed E-state index contributed by atoms with van der Waals surface area (Å²) in [5.74, 6) is 0. The van der Waals surface area contributed by atoms with Gasteiger partial charge in [-0.25, -0.2) is 0 Å². The van der Waals surface area contributed by atoms with Gasteiger partial charge in [-0.05, 0) is 0 Å². The maximum absolute atomic E-state index is 11.7. The molecule has 116 valence electrons. The van der Waals surface area contributed by atoms with Gasteiger partial charge in [-0.2, -0.15) is 0 Å². The van der Waals surface area contributed by atoms with E-state index in [2.05, 4.69) is 6.92 Å². The fraction of sp³-hybridized carbons (Fsp3) is 0.562. The molecule has 0 atom stereocenters. The third-order valence-electron chi connectivity index (χ3n) is 3.13. The molecule has 1 aromatic rings. The Bertz CT molecular complexity index is 420. The number of benzene rings is 1. The summed E-state index contributed by atoms with van der Waals surface area (Å²) in [6.45, 7) is 2.34. The van der Waals surface area contributed by atoms with E-state index in [9.17, 15) is 7.87 Å². The van der Waals surface area contributed by atoms with Crippen LogP contribution < -0.4 is 0 Å². The van der Waals surface area contributed by atoms with Gasteiger partial charge >= 0.3 is 134 Å². The molecule has 0 aliphatic rings. The SMILES string of the molecule is CCCCCCC[CH2][Sn](=[O])[O]C(=O)OCc1ccccc1. The number of hydrogen-bond donors (Lipinski definition) is 0. The molecule has 0 aliphatic heterocycles. The predicted molar refractivity (Wildman–Crippen MR) is 82.3 cm³/mol. The Balaban J connectivity index is 2.06. The summed E-state index contributed by atoms with van der Waals surface area (Å²) in [4.78, 5) is 11.4. The van der Waals surface area contributed by atoms with Gasteiger partial charge in [0.15, 0.2) is 0 Å². The average molecular weight is 399 g/mol. The van der Waals surface area contributed by atoms with Crippen LogP contribution in [0.15, 0.2) is 30.3 Å². The maximum atomic E-state index is 11.7. The first-order valence-electron chi connectivity index (χ1n) is 7.63. The zero-order valence-electron chi connectivity index (χ0n) is 12.7. The Morgan fingerprint density at radius 1 is 1.05 bits per heavy atom. The average Bonchev–Trinajstić information content (AvgIpc) is 2.50. The van der Waals surface area contributed by atoms with E-state index in [0.29, 0.717) is 4.44 Å². The van der Waals surface area contributed by atoms with Crippen LogP contribution in [-0.4, -0.2) is 26.3 Å². The molecular formula is C16H24O4Sn. The van der Waals surface area contributed by atoms with Crippen molar-refractivity contribution in [1.82, 2.24) is 0 Å². The predicted octanol–water partition coefficient (Wildman–Crippen LogP) is 4.62. The molecule has 0 bridgehead atoms. The second-order valence-electron chi connectivity index (χ2n) is 5.02. The summed E-state index contributed by atoms with van der Waals surface area (Å²) in [5.41, 5.74) is 0.890. The molecule has 0 N–H and O–H groups in total. The van der Waals surface area contributed by atoms with Crippen molar-refractivity contribution in [1.29, 1.82) is 0 Å². The number of carbonyl (C=O) groups is 1. The van der Waals surface area contributed by atoms with Crippen molar-refractivity contribution in [3.8, 4) is 0 Å². The van der Waals surface area contributed by atoms with Gasteiger partial charge in [-0.3, -0.25) is 0 Å². The van der Waals surface area contributed by atoms with E-state index in [-0.39, 0.29) is 6.61 Å². The molecule has 0 saturated carbocycles. The van der Waals surface area contributed by atoms with Crippen LogP contribution in [0.2, 0.25) is 4.44 Å². The van der Waals surface area contributed by atoms with E-state index in [1.807, 2.05) is 30.3 Å². The van der Waals surface area contributed by atoms with E-state index in [1.165, 1.54) is 25.7 Å². The van der Waals surface area contributed by atoms with Gasteiger partial charge < -0.3 is 0 Å². The number of ether oxygens (including phenoxy) is 1. The standard InChI is InChI=1S/C8H8O3.C8H17.O.Sn/c9-8(10)11-6-7-4-2-1-3-5-7;1-3-5-7-8-6-4-2;;/h1-5H,6H2,(H,9,10);1,3-8H2,2H3;;/q;;;+1/p-1. The van der Waals surface area contributed by atoms with Crippen LogP contribution in [0.25, 0.3) is 0 Å². The molecule has 0 aliphatic carbocycles. The Morgan fingerprint density at radius 2 is 1.71 bits per heavy atom. The molecule has 1 rings (SSSR count). The monoisotopic (exact) mass is 400 g/mol. The van der Waals surface area contributed by atoms with Crippen LogP contribution >= 0.6 is 0 Å². The molecule has 4 nitrogen and oxygen atoms in total. The third-order valence-corrected chi connectivity index (χ3v) is 6.43. The first kappa shape index (κ1) is 18.1. The molecule has 5 heteroatoms. The molecular weight excluding hydrogens is 375 g/mol. The minimum absolute atomic E-state index is 0.160. The van der Waals surface area contributed by atoms with E-state index in [4.69, 9.17) is 7.81 Å². The van der Waals surface area contributed by atoms with Crippen LogP contribution in [-0.2, 0) is 17.5 Å². The van der Waals surface area contributed by atoms with Crippen LogP contribution in [0.1, 0.15) is 51.0 Å². The van der Waals surface area contributed by atoms with Gasteiger partial charge in [0.05, 0.1) is 0 Å². The van der Waals surface area contributed by atoms with Crippen molar-refractivity contribution >= 4 is 26.3 Å². The summed E-state index contributed by atoms with van der Waals surface area (Å²) < 4.78 is 22.1. The second-order valence-corrected chi connectivity index (χ2v) is 9.15. The van der Waals surface area contributed by atoms with Crippen molar-refractivity contribution < 1.29 is 15.7 Å². The summed E-state index contributed by atoms with van der Waals surface area (Å²) >= 11 is -3.23. The van der Waals surface area contributed by atoms with E-state index < -0.39 is 26.3 Å². The minimum atomic E-state index is -3.23. The number of rotatable bonds is 10. The Morgan fingerprint density at radius 3 is 2.43 bits per heavy atom. The van der Waals surface area contributed by atoms with Crippen LogP contribution in [0.4, 0.5) is 4.79 Å². The molecule has 0 saturated heterocycles. The molecule has 0 heterocycles. The van der Waals surface area contributed by atoms with Gasteiger partial charge in [0, 0.05) is 0 Å². The van der Waals surface area contributed by atoms with Crippen molar-refractivity contribution in [3.05, 3.63) is 35.9 Å². The number of carbonyl (C=O) groups excluding carboxylic acids is 1. The summed E-state index contributed by atoms with van der Waals surface area (Å²) in [6.07, 6.45) is 6.03. The van der Waals surface area contributed by atoms with E-state index in [1.54, 1.807) is 0 Å². The Kier molecular flexibility index (Phi) is 10.1. The second kappa shape index (κ2) is 11.7. The molecule has 0 radical (unpaired) electrons. The zero-order valence-corrected chi connectivity index (χ0v) is 15.5. The fourth-order valence-electron chi connectivity index (χ4n) is 1.94. The van der Waals surface area contributed by atoms with Crippen molar-refractivity contribution in [2.45, 2.75) is 56.5 Å². The normalized spacial score (nSPS) is 10.1. The first-order valence-corrected chi connectivity index (χ1v) is 12.0. The molecule has 0 amide bonds. The molecule has 0 spiro atoms. The molecule has 0 fully saturated rings. The number of unbranched alkanes of at least 4 members (excludes halogenated alkanes) is 5. The topological polar surface area (TPSA) is 52.6 Å². The van der Waals surface area contributed by atoms with E-state index in [0.717, 1.165) is 18.4 Å². The van der Waals surface area contributed by atoms with Gasteiger partial charge in [-0.1, -0.05) is 0 Å². The summed E-state index contributed by atoms with van der Waals surface area (Å²) in [6, 6.07) is 9.36. The molecule has 0 unspecified atom stereocenters. The van der Waals surface area contributed by atoms with Crippen molar-refractivity contribution in [2.24, 2.45) is 0 Å². The molecule has 21 heavy (non-hydrogen) atoms.